The van der Waals surface area contributed by atoms with E-state index < -0.39 is 5.82 Å². The Hall–Kier alpha value is -1.87. The predicted molar refractivity (Wildman–Crippen MR) is 70.4 cm³/mol. The number of aryl methyl sites for hydroxylation is 1. The third-order valence-electron chi connectivity index (χ3n) is 2.63. The molecule has 2 N–H and O–H groups in total. The first kappa shape index (κ1) is 12.6. The van der Waals surface area contributed by atoms with Crippen LogP contribution in [0, 0.1) is 12.7 Å². The predicted octanol–water partition coefficient (Wildman–Crippen LogP) is 3.60. The number of hydrogen-bond donors (Lipinski definition) is 1. The van der Waals surface area contributed by atoms with Crippen molar-refractivity contribution >= 4 is 23.1 Å². The van der Waals surface area contributed by atoms with Crippen LogP contribution in [0.1, 0.15) is 21.5 Å². The quantitative estimate of drug-likeness (QED) is 0.664. The molecular formula is C14H11ClFNO. The summed E-state index contributed by atoms with van der Waals surface area (Å²) in [4.78, 5) is 12.3. The number of rotatable bonds is 2. The Labute approximate surface area is 109 Å². The molecule has 0 aromatic heterocycles. The summed E-state index contributed by atoms with van der Waals surface area (Å²) in [6.45, 7) is 1.85. The summed E-state index contributed by atoms with van der Waals surface area (Å²) in [7, 11) is 0. The number of carbonyl (C=O) groups excluding carboxylic acids is 1. The van der Waals surface area contributed by atoms with E-state index in [0.717, 1.165) is 11.6 Å². The van der Waals surface area contributed by atoms with Crippen LogP contribution in [0.4, 0.5) is 10.1 Å². The molecule has 0 saturated carbocycles. The number of ketones is 1. The molecule has 0 bridgehead atoms. The van der Waals surface area contributed by atoms with E-state index in [1.165, 1.54) is 12.1 Å². The molecule has 0 aliphatic heterocycles. The highest BCUT2D eigenvalue weighted by Crippen LogP contribution is 2.24. The molecular weight excluding hydrogens is 253 g/mol. The van der Waals surface area contributed by atoms with Gasteiger partial charge in [-0.05, 0) is 37.3 Å². The van der Waals surface area contributed by atoms with Gasteiger partial charge >= 0.3 is 0 Å². The van der Waals surface area contributed by atoms with Crippen molar-refractivity contribution in [3.63, 3.8) is 0 Å². The van der Waals surface area contributed by atoms with Crippen molar-refractivity contribution in [2.75, 3.05) is 5.73 Å². The highest BCUT2D eigenvalue weighted by atomic mass is 35.5. The second-order valence-corrected chi connectivity index (χ2v) is 4.45. The third kappa shape index (κ3) is 2.36. The van der Waals surface area contributed by atoms with Gasteiger partial charge in [0.1, 0.15) is 5.82 Å². The SMILES string of the molecule is Cc1ccc(N)c(C(=O)c2cc(F)ccc2Cl)c1. The first-order valence-corrected chi connectivity index (χ1v) is 5.72. The zero-order chi connectivity index (χ0) is 13.3. The van der Waals surface area contributed by atoms with Crippen LogP contribution in [0.5, 0.6) is 0 Å². The van der Waals surface area contributed by atoms with E-state index in [9.17, 15) is 9.18 Å². The molecule has 2 aromatic carbocycles. The molecule has 0 fully saturated rings. The van der Waals surface area contributed by atoms with Crippen molar-refractivity contribution < 1.29 is 9.18 Å². The minimum Gasteiger partial charge on any atom is -0.398 e. The minimum absolute atomic E-state index is 0.119. The Morgan fingerprint density at radius 2 is 1.89 bits per heavy atom. The molecule has 2 rings (SSSR count). The molecule has 2 aromatic rings. The lowest BCUT2D eigenvalue weighted by atomic mass is 10.00. The summed E-state index contributed by atoms with van der Waals surface area (Å²) >= 11 is 5.90. The fourth-order valence-electron chi connectivity index (χ4n) is 1.68. The summed E-state index contributed by atoms with van der Waals surface area (Å²) in [6.07, 6.45) is 0. The molecule has 0 atom stereocenters. The normalized spacial score (nSPS) is 10.4. The van der Waals surface area contributed by atoms with E-state index in [-0.39, 0.29) is 16.4 Å². The highest BCUT2D eigenvalue weighted by Gasteiger charge is 2.16. The monoisotopic (exact) mass is 263 g/mol. The Morgan fingerprint density at radius 3 is 2.61 bits per heavy atom. The Bertz CT molecular complexity index is 572. The van der Waals surface area contributed by atoms with Crippen molar-refractivity contribution in [2.45, 2.75) is 6.92 Å². The van der Waals surface area contributed by atoms with Crippen molar-refractivity contribution in [3.05, 3.63) is 63.9 Å². The maximum Gasteiger partial charge on any atom is 0.196 e. The van der Waals surface area contributed by atoms with Gasteiger partial charge in [0.15, 0.2) is 5.78 Å². The topological polar surface area (TPSA) is 43.1 Å². The molecule has 0 spiro atoms. The Balaban J connectivity index is 2.54. The standard InChI is InChI=1S/C14H11ClFNO/c1-8-2-5-13(17)11(6-8)14(18)10-7-9(16)3-4-12(10)15/h2-7H,17H2,1H3. The lowest BCUT2D eigenvalue weighted by Crippen LogP contribution is -2.07. The van der Waals surface area contributed by atoms with E-state index in [1.54, 1.807) is 18.2 Å². The first-order chi connectivity index (χ1) is 8.49. The molecule has 4 heteroatoms. The number of carbonyl (C=O) groups is 1. The number of benzene rings is 2. The summed E-state index contributed by atoms with van der Waals surface area (Å²) in [6, 6.07) is 8.80. The molecule has 2 nitrogen and oxygen atoms in total. The van der Waals surface area contributed by atoms with E-state index in [1.807, 2.05) is 6.92 Å². The van der Waals surface area contributed by atoms with Gasteiger partial charge in [0.05, 0.1) is 5.02 Å². The second kappa shape index (κ2) is 4.78. The van der Waals surface area contributed by atoms with Crippen molar-refractivity contribution in [3.8, 4) is 0 Å². The van der Waals surface area contributed by atoms with Gasteiger partial charge in [0.25, 0.3) is 0 Å². The Kier molecular flexibility index (Phi) is 3.34. The largest absolute Gasteiger partial charge is 0.398 e. The molecule has 0 aliphatic rings. The number of nitrogen functional groups attached to an aromatic ring is 1. The summed E-state index contributed by atoms with van der Waals surface area (Å²) < 4.78 is 13.2. The summed E-state index contributed by atoms with van der Waals surface area (Å²) in [5.41, 5.74) is 7.47. The smallest absolute Gasteiger partial charge is 0.196 e. The third-order valence-corrected chi connectivity index (χ3v) is 2.96. The van der Waals surface area contributed by atoms with Crippen LogP contribution in [-0.2, 0) is 0 Å². The van der Waals surface area contributed by atoms with Gasteiger partial charge < -0.3 is 5.73 Å². The molecule has 0 radical (unpaired) electrons. The van der Waals surface area contributed by atoms with Gasteiger partial charge in [-0.2, -0.15) is 0 Å². The van der Waals surface area contributed by atoms with Crippen LogP contribution in [-0.4, -0.2) is 5.78 Å². The van der Waals surface area contributed by atoms with E-state index in [2.05, 4.69) is 0 Å². The fourth-order valence-corrected chi connectivity index (χ4v) is 1.89. The summed E-state index contributed by atoms with van der Waals surface area (Å²) in [5, 5.41) is 0.210. The number of nitrogens with two attached hydrogens (primary N) is 1. The van der Waals surface area contributed by atoms with Crippen LogP contribution in [0.3, 0.4) is 0 Å². The minimum atomic E-state index is -0.506. The molecule has 0 heterocycles. The van der Waals surface area contributed by atoms with Crippen LogP contribution >= 0.6 is 11.6 Å². The fraction of sp³-hybridized carbons (Fsp3) is 0.0714. The lowest BCUT2D eigenvalue weighted by Gasteiger charge is -2.07. The van der Waals surface area contributed by atoms with Crippen LogP contribution in [0.2, 0.25) is 5.02 Å². The van der Waals surface area contributed by atoms with Crippen LogP contribution in [0.15, 0.2) is 36.4 Å². The number of anilines is 1. The average molecular weight is 264 g/mol. The molecule has 92 valence electrons. The zero-order valence-corrected chi connectivity index (χ0v) is 10.5. The second-order valence-electron chi connectivity index (χ2n) is 4.04. The molecule has 0 saturated heterocycles. The Morgan fingerprint density at radius 1 is 1.17 bits per heavy atom. The summed E-state index contributed by atoms with van der Waals surface area (Å²) in [5.74, 6) is -0.880. The van der Waals surface area contributed by atoms with Crippen molar-refractivity contribution in [2.24, 2.45) is 0 Å². The van der Waals surface area contributed by atoms with Gasteiger partial charge in [0.2, 0.25) is 0 Å². The maximum atomic E-state index is 13.2. The van der Waals surface area contributed by atoms with Crippen LogP contribution < -0.4 is 5.73 Å². The zero-order valence-electron chi connectivity index (χ0n) is 9.71. The average Bonchev–Trinajstić information content (AvgIpc) is 2.34. The lowest BCUT2D eigenvalue weighted by molar-refractivity contribution is 0.103. The number of halogens is 2. The van der Waals surface area contributed by atoms with Gasteiger partial charge in [-0.1, -0.05) is 23.2 Å². The molecule has 0 aliphatic carbocycles. The van der Waals surface area contributed by atoms with Gasteiger partial charge in [0, 0.05) is 16.8 Å². The van der Waals surface area contributed by atoms with Gasteiger partial charge in [-0.15, -0.1) is 0 Å². The van der Waals surface area contributed by atoms with Gasteiger partial charge in [-0.25, -0.2) is 4.39 Å². The highest BCUT2D eigenvalue weighted by molar-refractivity contribution is 6.35. The van der Waals surface area contributed by atoms with Crippen molar-refractivity contribution in [1.29, 1.82) is 0 Å². The van der Waals surface area contributed by atoms with Crippen LogP contribution in [0.25, 0.3) is 0 Å². The number of hydrogen-bond acceptors (Lipinski definition) is 2. The first-order valence-electron chi connectivity index (χ1n) is 5.35. The van der Waals surface area contributed by atoms with E-state index in [4.69, 9.17) is 17.3 Å². The van der Waals surface area contributed by atoms with E-state index in [0.29, 0.717) is 11.3 Å². The maximum absolute atomic E-state index is 13.2. The van der Waals surface area contributed by atoms with Crippen molar-refractivity contribution in [1.82, 2.24) is 0 Å². The molecule has 0 unspecified atom stereocenters. The van der Waals surface area contributed by atoms with Gasteiger partial charge in [-0.3, -0.25) is 4.79 Å². The molecule has 18 heavy (non-hydrogen) atoms. The molecule has 0 amide bonds. The van der Waals surface area contributed by atoms with E-state index >= 15 is 0 Å².